The average Bonchev–Trinajstić information content (AvgIpc) is 2.05. The van der Waals surface area contributed by atoms with Crippen LogP contribution < -0.4 is 0 Å². The van der Waals surface area contributed by atoms with Crippen molar-refractivity contribution in [2.24, 2.45) is 0 Å². The van der Waals surface area contributed by atoms with E-state index < -0.39 is 0 Å². The van der Waals surface area contributed by atoms with Crippen molar-refractivity contribution in [2.45, 2.75) is 13.8 Å². The fourth-order valence-corrected chi connectivity index (χ4v) is 0.429. The summed E-state index contributed by atoms with van der Waals surface area (Å²) in [6, 6.07) is 0. The standard InChI is InChI=1S/C6H15N2.C3H8N.Zr/c1-4-7-5-6-8(2)3;1-3-4-2;/h4-6H2,1-3H3;3H2,1-2H3;/q2*-1;+3. The first kappa shape index (κ1) is 19.4. The van der Waals surface area contributed by atoms with Crippen LogP contribution in [0.25, 0.3) is 10.6 Å². The van der Waals surface area contributed by atoms with Gasteiger partial charge in [0, 0.05) is 0 Å². The van der Waals surface area contributed by atoms with E-state index in [4.69, 9.17) is 0 Å². The number of hydrogen-bond acceptors (Lipinski definition) is 1. The van der Waals surface area contributed by atoms with Crippen molar-refractivity contribution in [3.63, 3.8) is 0 Å². The SMILES string of the molecule is CC[N-]C.CC[N-]CCN(C)C.[Zr+3]. The minimum Gasteiger partial charge on any atom is -0.665 e. The Kier molecular flexibility index (Phi) is 27.6. The minimum atomic E-state index is 0. The van der Waals surface area contributed by atoms with Gasteiger partial charge in [-0.15, -0.1) is 6.54 Å². The van der Waals surface area contributed by atoms with E-state index >= 15 is 0 Å². The largest absolute Gasteiger partial charge is 3.00 e. The van der Waals surface area contributed by atoms with Crippen LogP contribution in [0.15, 0.2) is 0 Å². The Morgan fingerprint density at radius 1 is 1.08 bits per heavy atom. The third-order valence-corrected chi connectivity index (χ3v) is 1.25. The van der Waals surface area contributed by atoms with Crippen molar-refractivity contribution >= 4 is 0 Å². The molecule has 0 spiro atoms. The topological polar surface area (TPSA) is 31.4 Å². The van der Waals surface area contributed by atoms with Crippen LogP contribution in [-0.2, 0) is 26.2 Å². The average molecular weight is 265 g/mol. The minimum absolute atomic E-state index is 0. The Labute approximate surface area is 103 Å². The maximum absolute atomic E-state index is 4.17. The van der Waals surface area contributed by atoms with E-state index in [-0.39, 0.29) is 26.2 Å². The van der Waals surface area contributed by atoms with E-state index in [1.54, 1.807) is 7.05 Å². The summed E-state index contributed by atoms with van der Waals surface area (Å²) in [6.45, 7) is 8.03. The van der Waals surface area contributed by atoms with Gasteiger partial charge in [0.1, 0.15) is 0 Å². The van der Waals surface area contributed by atoms with E-state index in [0.29, 0.717) is 0 Å². The van der Waals surface area contributed by atoms with Crippen molar-refractivity contribution < 1.29 is 26.2 Å². The van der Waals surface area contributed by atoms with E-state index in [0.717, 1.165) is 26.2 Å². The predicted molar refractivity (Wildman–Crippen MR) is 57.1 cm³/mol. The van der Waals surface area contributed by atoms with Crippen LogP contribution in [0, 0.1) is 0 Å². The molecule has 0 rings (SSSR count). The smallest absolute Gasteiger partial charge is 0.665 e. The molecule has 0 aliphatic heterocycles. The fourth-order valence-electron chi connectivity index (χ4n) is 0.429. The second kappa shape index (κ2) is 18.5. The third kappa shape index (κ3) is 32.3. The summed E-state index contributed by atoms with van der Waals surface area (Å²) in [6.07, 6.45) is 0. The zero-order chi connectivity index (χ0) is 9.82. The molecule has 0 aromatic rings. The summed E-state index contributed by atoms with van der Waals surface area (Å²) in [5.41, 5.74) is 0. The van der Waals surface area contributed by atoms with Gasteiger partial charge in [-0.05, 0) is 20.6 Å². The van der Waals surface area contributed by atoms with E-state index in [9.17, 15) is 0 Å². The molecule has 0 N–H and O–H groups in total. The van der Waals surface area contributed by atoms with Crippen LogP contribution in [0.3, 0.4) is 0 Å². The maximum atomic E-state index is 4.17. The Balaban J connectivity index is -0.000000173. The van der Waals surface area contributed by atoms with Gasteiger partial charge >= 0.3 is 26.2 Å². The first-order valence-corrected chi connectivity index (χ1v) is 4.52. The van der Waals surface area contributed by atoms with Gasteiger partial charge in [-0.3, -0.25) is 0 Å². The van der Waals surface area contributed by atoms with Crippen LogP contribution in [0.4, 0.5) is 0 Å². The van der Waals surface area contributed by atoms with Gasteiger partial charge in [-0.1, -0.05) is 13.8 Å². The van der Waals surface area contributed by atoms with Gasteiger partial charge in [0.15, 0.2) is 0 Å². The van der Waals surface area contributed by atoms with Crippen molar-refractivity contribution in [1.29, 1.82) is 0 Å². The zero-order valence-electron chi connectivity index (χ0n) is 9.67. The molecule has 1 radical (unpaired) electrons. The second-order valence-corrected chi connectivity index (χ2v) is 2.70. The normalized spacial score (nSPS) is 8.77. The van der Waals surface area contributed by atoms with Crippen LogP contribution in [0.2, 0.25) is 0 Å². The van der Waals surface area contributed by atoms with Crippen molar-refractivity contribution in [3.8, 4) is 0 Å². The van der Waals surface area contributed by atoms with Gasteiger partial charge in [0.2, 0.25) is 0 Å². The summed E-state index contributed by atoms with van der Waals surface area (Å²) in [7, 11) is 5.93. The molecule has 0 saturated carbocycles. The molecule has 77 valence electrons. The molecule has 0 amide bonds. The maximum Gasteiger partial charge on any atom is 3.00 e. The zero-order valence-corrected chi connectivity index (χ0v) is 12.1. The molecule has 0 atom stereocenters. The summed E-state index contributed by atoms with van der Waals surface area (Å²) in [4.78, 5) is 2.14. The van der Waals surface area contributed by atoms with Gasteiger partial charge in [-0.2, -0.15) is 20.1 Å². The molecule has 0 aromatic carbocycles. The quantitative estimate of drug-likeness (QED) is 0.698. The number of likely N-dealkylation sites (N-methyl/N-ethyl adjacent to an activating group) is 2. The van der Waals surface area contributed by atoms with E-state index in [1.807, 2.05) is 6.92 Å². The monoisotopic (exact) mass is 263 g/mol. The fraction of sp³-hybridized carbons (Fsp3) is 1.00. The number of rotatable bonds is 5. The van der Waals surface area contributed by atoms with E-state index in [1.165, 1.54) is 0 Å². The molecule has 4 heteroatoms. The molecule has 0 bridgehead atoms. The molecule has 0 aromatic heterocycles. The van der Waals surface area contributed by atoms with Crippen LogP contribution in [-0.4, -0.2) is 52.2 Å². The molecule has 0 fully saturated rings. The van der Waals surface area contributed by atoms with Crippen molar-refractivity contribution in [1.82, 2.24) is 4.90 Å². The van der Waals surface area contributed by atoms with Crippen LogP contribution >= 0.6 is 0 Å². The molecular formula is C9H23N3Zr+. The Hall–Kier alpha value is 0.763. The summed E-state index contributed by atoms with van der Waals surface area (Å²) >= 11 is 0. The first-order chi connectivity index (χ1) is 5.68. The van der Waals surface area contributed by atoms with E-state index in [2.05, 4.69) is 36.6 Å². The summed E-state index contributed by atoms with van der Waals surface area (Å²) in [5, 5.41) is 7.91. The summed E-state index contributed by atoms with van der Waals surface area (Å²) in [5.74, 6) is 0. The number of hydrogen-bond donors (Lipinski definition) is 0. The third-order valence-electron chi connectivity index (χ3n) is 1.25. The first-order valence-electron chi connectivity index (χ1n) is 4.52. The Morgan fingerprint density at radius 3 is 1.77 bits per heavy atom. The van der Waals surface area contributed by atoms with Crippen molar-refractivity contribution in [3.05, 3.63) is 10.6 Å². The Morgan fingerprint density at radius 2 is 1.54 bits per heavy atom. The van der Waals surface area contributed by atoms with Crippen molar-refractivity contribution in [2.75, 3.05) is 47.3 Å². The molecule has 0 saturated heterocycles. The summed E-state index contributed by atoms with van der Waals surface area (Å²) < 4.78 is 0. The van der Waals surface area contributed by atoms with Crippen LogP contribution in [0.5, 0.6) is 0 Å². The molecule has 0 heterocycles. The van der Waals surface area contributed by atoms with Gasteiger partial charge in [0.25, 0.3) is 0 Å². The molecule has 13 heavy (non-hydrogen) atoms. The van der Waals surface area contributed by atoms with Gasteiger partial charge in [-0.25, -0.2) is 0 Å². The predicted octanol–water partition coefficient (Wildman–Crippen LogP) is 1.95. The molecule has 0 aliphatic carbocycles. The number of nitrogens with zero attached hydrogens (tertiary/aromatic N) is 3. The second-order valence-electron chi connectivity index (χ2n) is 2.70. The molecule has 3 nitrogen and oxygen atoms in total. The van der Waals surface area contributed by atoms with Gasteiger partial charge in [0.05, 0.1) is 0 Å². The molecular weight excluding hydrogens is 241 g/mol. The molecule has 0 unspecified atom stereocenters. The van der Waals surface area contributed by atoms with Gasteiger partial charge < -0.3 is 15.5 Å². The molecule has 0 aliphatic rings. The Bertz CT molecular complexity index is 67.9. The van der Waals surface area contributed by atoms with Crippen LogP contribution in [0.1, 0.15) is 13.8 Å².